The first-order valence-electron chi connectivity index (χ1n) is 13.6. The summed E-state index contributed by atoms with van der Waals surface area (Å²) in [5, 5.41) is 24.9. The largest absolute Gasteiger partial charge is 2.00 e. The first kappa shape index (κ1) is 35.8. The van der Waals surface area contributed by atoms with Crippen LogP contribution in [-0.4, -0.2) is 14.2 Å². The zero-order chi connectivity index (χ0) is 29.8. The molecule has 0 unspecified atom stereocenters. The Labute approximate surface area is 270 Å². The molecule has 1 radical (unpaired) electrons. The molecule has 0 fully saturated rings. The van der Waals surface area contributed by atoms with Crippen molar-refractivity contribution < 1.29 is 27.3 Å². The van der Waals surface area contributed by atoms with Crippen LogP contribution in [0.2, 0.25) is 0 Å². The molecule has 0 aliphatic heterocycles. The first-order chi connectivity index (χ1) is 20.9. The maximum absolute atomic E-state index is 8.25. The van der Waals surface area contributed by atoms with Gasteiger partial charge in [-0.05, 0) is 47.7 Å². The molecule has 0 heterocycles. The minimum atomic E-state index is -0.446. The van der Waals surface area contributed by atoms with E-state index in [9.17, 15) is 0 Å². The minimum Gasteiger partial charge on any atom is -0.857 e. The predicted molar refractivity (Wildman–Crippen MR) is 182 cm³/mol. The molecule has 0 saturated heterocycles. The van der Waals surface area contributed by atoms with Crippen molar-refractivity contribution in [3.63, 3.8) is 0 Å². The standard InChI is InChI=1S/2C18H15P.2CH3O.Cu/c2*1-4-10-16(11-5-1)19(17-12-6-2-7-13-17)18-14-8-3-9-15-18;2*1-2;/h2*1-15H;2*1H3;/q;;2*-1;+2. The molecule has 0 spiro atoms. The molecule has 0 atom stereocenters. The van der Waals surface area contributed by atoms with Gasteiger partial charge in [0.05, 0.1) is 0 Å². The molecule has 2 nitrogen and oxygen atoms in total. The zero-order valence-electron chi connectivity index (χ0n) is 24.3. The van der Waals surface area contributed by atoms with Gasteiger partial charge in [-0.25, -0.2) is 0 Å². The smallest absolute Gasteiger partial charge is 0.857 e. The summed E-state index contributed by atoms with van der Waals surface area (Å²) >= 11 is 0. The topological polar surface area (TPSA) is 46.1 Å². The number of rotatable bonds is 6. The van der Waals surface area contributed by atoms with Gasteiger partial charge >= 0.3 is 17.1 Å². The fourth-order valence-corrected chi connectivity index (χ4v) is 8.97. The van der Waals surface area contributed by atoms with Gasteiger partial charge in [-0.15, -0.1) is 0 Å². The summed E-state index contributed by atoms with van der Waals surface area (Å²) in [6, 6.07) is 64.7. The predicted octanol–water partition coefficient (Wildman–Crippen LogP) is 4.84. The van der Waals surface area contributed by atoms with E-state index in [1.54, 1.807) is 0 Å². The Bertz CT molecular complexity index is 1180. The number of hydrogen-bond acceptors (Lipinski definition) is 2. The van der Waals surface area contributed by atoms with Gasteiger partial charge in [0, 0.05) is 0 Å². The van der Waals surface area contributed by atoms with E-state index in [-0.39, 0.29) is 17.1 Å². The van der Waals surface area contributed by atoms with Gasteiger partial charge in [0.15, 0.2) is 0 Å². The van der Waals surface area contributed by atoms with Gasteiger partial charge in [-0.3, -0.25) is 0 Å². The monoisotopic (exact) mass is 649 g/mol. The fraction of sp³-hybridized carbons (Fsp3) is 0.0526. The van der Waals surface area contributed by atoms with Gasteiger partial charge in [-0.1, -0.05) is 182 Å². The van der Waals surface area contributed by atoms with Crippen molar-refractivity contribution in [2.24, 2.45) is 0 Å². The summed E-state index contributed by atoms with van der Waals surface area (Å²) in [5.74, 6) is 0. The number of hydrogen-bond donors (Lipinski definition) is 0. The Kier molecular flexibility index (Phi) is 17.8. The summed E-state index contributed by atoms with van der Waals surface area (Å²) in [6.07, 6.45) is 0. The molecule has 0 aromatic heterocycles. The Balaban J connectivity index is 0.000000264. The molecule has 0 aliphatic rings. The SMILES string of the molecule is C[O-].C[O-].[Cu+2].c1ccc(P(c2ccccc2)c2ccccc2)cc1.c1ccc(P(c2ccccc2)c2ccccc2)cc1. The average Bonchev–Trinajstić information content (AvgIpc) is 3.10. The van der Waals surface area contributed by atoms with Gasteiger partial charge in [0.1, 0.15) is 0 Å². The molecule has 0 saturated carbocycles. The van der Waals surface area contributed by atoms with E-state index in [1.165, 1.54) is 31.8 Å². The molecule has 6 aromatic carbocycles. The second-order valence-electron chi connectivity index (χ2n) is 8.68. The maximum atomic E-state index is 8.25. The summed E-state index contributed by atoms with van der Waals surface area (Å²) < 4.78 is 0. The quantitative estimate of drug-likeness (QED) is 0.192. The van der Waals surface area contributed by atoms with Crippen molar-refractivity contribution in [1.82, 2.24) is 0 Å². The molecule has 6 rings (SSSR count). The zero-order valence-corrected chi connectivity index (χ0v) is 27.1. The molecule has 221 valence electrons. The molecule has 43 heavy (non-hydrogen) atoms. The van der Waals surface area contributed by atoms with Crippen LogP contribution in [0.4, 0.5) is 0 Å². The molecule has 0 aliphatic carbocycles. The van der Waals surface area contributed by atoms with Crippen LogP contribution >= 0.6 is 15.8 Å². The normalized spacial score (nSPS) is 9.63. The Hall–Kier alpha value is -3.38. The molecule has 6 aromatic rings. The summed E-state index contributed by atoms with van der Waals surface area (Å²) in [4.78, 5) is 0. The Morgan fingerprint density at radius 2 is 0.372 bits per heavy atom. The van der Waals surface area contributed by atoms with E-state index in [4.69, 9.17) is 10.2 Å². The Morgan fingerprint density at radius 3 is 0.488 bits per heavy atom. The van der Waals surface area contributed by atoms with Crippen LogP contribution in [0.1, 0.15) is 0 Å². The third-order valence-corrected chi connectivity index (χ3v) is 11.0. The maximum Gasteiger partial charge on any atom is 2.00 e. The van der Waals surface area contributed by atoms with Gasteiger partial charge in [0.2, 0.25) is 0 Å². The van der Waals surface area contributed by atoms with Crippen molar-refractivity contribution in [2.75, 3.05) is 14.2 Å². The molecule has 0 amide bonds. The van der Waals surface area contributed by atoms with E-state index in [2.05, 4.69) is 182 Å². The van der Waals surface area contributed by atoms with Gasteiger partial charge in [0.25, 0.3) is 0 Å². The van der Waals surface area contributed by atoms with Gasteiger partial charge < -0.3 is 10.2 Å². The van der Waals surface area contributed by atoms with Gasteiger partial charge in [-0.2, -0.15) is 14.2 Å². The molecule has 5 heteroatoms. The van der Waals surface area contributed by atoms with E-state index in [0.29, 0.717) is 0 Å². The summed E-state index contributed by atoms with van der Waals surface area (Å²) in [6.45, 7) is 0. The van der Waals surface area contributed by atoms with Crippen LogP contribution in [0, 0.1) is 0 Å². The molecular weight excluding hydrogens is 614 g/mol. The van der Waals surface area contributed by atoms with Crippen LogP contribution in [0.25, 0.3) is 0 Å². The second-order valence-corrected chi connectivity index (χ2v) is 13.1. The van der Waals surface area contributed by atoms with Crippen molar-refractivity contribution in [2.45, 2.75) is 0 Å². The number of benzene rings is 6. The van der Waals surface area contributed by atoms with Crippen molar-refractivity contribution in [3.05, 3.63) is 182 Å². The van der Waals surface area contributed by atoms with E-state index < -0.39 is 15.8 Å². The van der Waals surface area contributed by atoms with Crippen LogP contribution in [0.15, 0.2) is 182 Å². The minimum absolute atomic E-state index is 0. The van der Waals surface area contributed by atoms with Crippen LogP contribution in [-0.2, 0) is 17.1 Å². The van der Waals surface area contributed by atoms with Crippen molar-refractivity contribution in [1.29, 1.82) is 0 Å². The Morgan fingerprint density at radius 1 is 0.256 bits per heavy atom. The first-order valence-corrected chi connectivity index (χ1v) is 16.3. The second kappa shape index (κ2) is 21.3. The van der Waals surface area contributed by atoms with Crippen molar-refractivity contribution in [3.8, 4) is 0 Å². The molecule has 0 N–H and O–H groups in total. The van der Waals surface area contributed by atoms with E-state index in [0.717, 1.165) is 14.2 Å². The summed E-state index contributed by atoms with van der Waals surface area (Å²) in [5.41, 5.74) is 0. The third kappa shape index (κ3) is 11.0. The molecule has 0 bridgehead atoms. The van der Waals surface area contributed by atoms with E-state index >= 15 is 0 Å². The molecular formula is C38H36CuO2P2. The fourth-order valence-electron chi connectivity index (χ4n) is 4.36. The summed E-state index contributed by atoms with van der Waals surface area (Å²) in [7, 11) is 0.608. The third-order valence-electron chi connectivity index (χ3n) is 6.09. The van der Waals surface area contributed by atoms with E-state index in [1.807, 2.05) is 0 Å². The van der Waals surface area contributed by atoms with Crippen LogP contribution in [0.5, 0.6) is 0 Å². The van der Waals surface area contributed by atoms with Crippen LogP contribution in [0.3, 0.4) is 0 Å². The van der Waals surface area contributed by atoms with Crippen LogP contribution < -0.4 is 42.0 Å². The van der Waals surface area contributed by atoms with Crippen molar-refractivity contribution >= 4 is 47.7 Å². The average molecular weight is 650 g/mol.